The SMILES string of the molecule is CC1CCC(C)N(S(=O)(=O)c2cn[nH]c2)C1. The fraction of sp³-hybridized carbons (Fsp3) is 0.700. The van der Waals surface area contributed by atoms with Crippen LogP contribution in [0.1, 0.15) is 26.7 Å². The van der Waals surface area contributed by atoms with Gasteiger partial charge < -0.3 is 0 Å². The second kappa shape index (κ2) is 4.18. The standard InChI is InChI=1S/C10H17N3O2S/c1-8-3-4-9(2)13(7-8)16(14,15)10-5-11-12-6-10/h5-6,8-9H,3-4,7H2,1-2H3,(H,11,12). The average Bonchev–Trinajstić information content (AvgIpc) is 2.75. The van der Waals surface area contributed by atoms with E-state index in [0.717, 1.165) is 12.8 Å². The highest BCUT2D eigenvalue weighted by atomic mass is 32.2. The summed E-state index contributed by atoms with van der Waals surface area (Å²) in [5.74, 6) is 0.429. The van der Waals surface area contributed by atoms with Crippen molar-refractivity contribution in [3.05, 3.63) is 12.4 Å². The first-order valence-corrected chi connectivity index (χ1v) is 6.96. The minimum absolute atomic E-state index is 0.0797. The molecule has 1 aromatic rings. The Kier molecular flexibility index (Phi) is 3.03. The molecule has 5 nitrogen and oxygen atoms in total. The van der Waals surface area contributed by atoms with Crippen molar-refractivity contribution in [1.29, 1.82) is 0 Å². The Hall–Kier alpha value is -0.880. The molecule has 0 amide bonds. The van der Waals surface area contributed by atoms with E-state index in [9.17, 15) is 8.42 Å². The monoisotopic (exact) mass is 243 g/mol. The van der Waals surface area contributed by atoms with Crippen LogP contribution in [0.5, 0.6) is 0 Å². The van der Waals surface area contributed by atoms with Crippen LogP contribution in [0.25, 0.3) is 0 Å². The van der Waals surface area contributed by atoms with Gasteiger partial charge in [0.05, 0.1) is 6.20 Å². The maximum Gasteiger partial charge on any atom is 0.246 e. The van der Waals surface area contributed by atoms with Gasteiger partial charge in [-0.2, -0.15) is 9.40 Å². The Morgan fingerprint density at radius 3 is 2.81 bits per heavy atom. The topological polar surface area (TPSA) is 66.1 Å². The number of H-pyrrole nitrogens is 1. The predicted molar refractivity (Wildman–Crippen MR) is 60.3 cm³/mol. The maximum absolute atomic E-state index is 12.3. The van der Waals surface area contributed by atoms with Crippen LogP contribution >= 0.6 is 0 Å². The molecule has 0 bridgehead atoms. The van der Waals surface area contributed by atoms with Gasteiger partial charge >= 0.3 is 0 Å². The number of piperidine rings is 1. The third-order valence-corrected chi connectivity index (χ3v) is 5.09. The van der Waals surface area contributed by atoms with Gasteiger partial charge in [0, 0.05) is 18.8 Å². The number of hydrogen-bond acceptors (Lipinski definition) is 3. The van der Waals surface area contributed by atoms with Gasteiger partial charge in [0.15, 0.2) is 0 Å². The van der Waals surface area contributed by atoms with Crippen molar-refractivity contribution >= 4 is 10.0 Å². The first kappa shape index (κ1) is 11.6. The molecule has 2 atom stereocenters. The lowest BCUT2D eigenvalue weighted by atomic mass is 9.97. The lowest BCUT2D eigenvalue weighted by Gasteiger charge is -2.35. The molecule has 90 valence electrons. The second-order valence-electron chi connectivity index (χ2n) is 4.54. The summed E-state index contributed by atoms with van der Waals surface area (Å²) >= 11 is 0. The molecular weight excluding hydrogens is 226 g/mol. The molecule has 6 heteroatoms. The van der Waals surface area contributed by atoms with E-state index in [0.29, 0.717) is 12.5 Å². The van der Waals surface area contributed by atoms with Gasteiger partial charge in [-0.3, -0.25) is 5.10 Å². The quantitative estimate of drug-likeness (QED) is 0.849. The van der Waals surface area contributed by atoms with Crippen molar-refractivity contribution in [2.45, 2.75) is 37.6 Å². The van der Waals surface area contributed by atoms with Crippen molar-refractivity contribution in [3.63, 3.8) is 0 Å². The summed E-state index contributed by atoms with van der Waals surface area (Å²) in [4.78, 5) is 0.258. The molecule has 1 aliphatic heterocycles. The highest BCUT2D eigenvalue weighted by Crippen LogP contribution is 2.27. The molecule has 1 aliphatic rings. The van der Waals surface area contributed by atoms with Crippen LogP contribution < -0.4 is 0 Å². The van der Waals surface area contributed by atoms with Gasteiger partial charge in [-0.25, -0.2) is 8.42 Å². The van der Waals surface area contributed by atoms with Crippen LogP contribution in [0.4, 0.5) is 0 Å². The minimum Gasteiger partial charge on any atom is -0.284 e. The Bertz CT molecular complexity index is 441. The molecule has 0 saturated carbocycles. The lowest BCUT2D eigenvalue weighted by Crippen LogP contribution is -2.44. The van der Waals surface area contributed by atoms with E-state index in [2.05, 4.69) is 17.1 Å². The van der Waals surface area contributed by atoms with E-state index in [1.165, 1.54) is 12.4 Å². The van der Waals surface area contributed by atoms with Crippen molar-refractivity contribution in [1.82, 2.24) is 14.5 Å². The molecule has 2 unspecified atom stereocenters. The minimum atomic E-state index is -3.36. The predicted octanol–water partition coefficient (Wildman–Crippen LogP) is 1.22. The fourth-order valence-corrected chi connectivity index (χ4v) is 3.79. The molecule has 0 aliphatic carbocycles. The lowest BCUT2D eigenvalue weighted by molar-refractivity contribution is 0.218. The maximum atomic E-state index is 12.3. The number of hydrogen-bond donors (Lipinski definition) is 1. The molecule has 1 saturated heterocycles. The van der Waals surface area contributed by atoms with Crippen LogP contribution in [-0.2, 0) is 10.0 Å². The molecule has 1 N–H and O–H groups in total. The molecule has 0 spiro atoms. The average molecular weight is 243 g/mol. The van der Waals surface area contributed by atoms with Gasteiger partial charge in [0.2, 0.25) is 10.0 Å². The normalized spacial score (nSPS) is 28.1. The molecule has 1 aromatic heterocycles. The van der Waals surface area contributed by atoms with Gasteiger partial charge in [-0.05, 0) is 25.7 Å². The zero-order valence-electron chi connectivity index (χ0n) is 9.55. The summed E-state index contributed by atoms with van der Waals surface area (Å²) in [6.07, 6.45) is 4.82. The fourth-order valence-electron chi connectivity index (χ4n) is 2.10. The Morgan fingerprint density at radius 1 is 1.44 bits per heavy atom. The van der Waals surface area contributed by atoms with E-state index in [1.807, 2.05) is 6.92 Å². The summed E-state index contributed by atoms with van der Waals surface area (Å²) < 4.78 is 26.1. The zero-order valence-corrected chi connectivity index (χ0v) is 10.4. The molecule has 2 rings (SSSR count). The number of sulfonamides is 1. The first-order chi connectivity index (χ1) is 7.51. The second-order valence-corrected chi connectivity index (χ2v) is 6.43. The number of nitrogens with one attached hydrogen (secondary N) is 1. The largest absolute Gasteiger partial charge is 0.284 e. The van der Waals surface area contributed by atoms with E-state index in [4.69, 9.17) is 0 Å². The Labute approximate surface area is 95.9 Å². The molecule has 0 aromatic carbocycles. The van der Waals surface area contributed by atoms with Crippen LogP contribution in [0, 0.1) is 5.92 Å². The van der Waals surface area contributed by atoms with Gasteiger partial charge in [-0.1, -0.05) is 6.92 Å². The summed E-state index contributed by atoms with van der Waals surface area (Å²) in [6.45, 7) is 4.65. The number of nitrogens with zero attached hydrogens (tertiary/aromatic N) is 2. The Morgan fingerprint density at radius 2 is 2.19 bits per heavy atom. The highest BCUT2D eigenvalue weighted by molar-refractivity contribution is 7.89. The first-order valence-electron chi connectivity index (χ1n) is 5.52. The number of rotatable bonds is 2. The van der Waals surface area contributed by atoms with Crippen molar-refractivity contribution < 1.29 is 8.42 Å². The van der Waals surface area contributed by atoms with Gasteiger partial charge in [0.25, 0.3) is 0 Å². The van der Waals surface area contributed by atoms with E-state index in [-0.39, 0.29) is 10.9 Å². The van der Waals surface area contributed by atoms with Crippen molar-refractivity contribution in [2.24, 2.45) is 5.92 Å². The van der Waals surface area contributed by atoms with E-state index in [1.54, 1.807) is 4.31 Å². The van der Waals surface area contributed by atoms with Crippen LogP contribution in [-0.4, -0.2) is 35.5 Å². The zero-order chi connectivity index (χ0) is 11.8. The third kappa shape index (κ3) is 1.99. The molecular formula is C10H17N3O2S. The molecule has 2 heterocycles. The number of aromatic amines is 1. The van der Waals surface area contributed by atoms with Crippen LogP contribution in [0.3, 0.4) is 0 Å². The van der Waals surface area contributed by atoms with E-state index >= 15 is 0 Å². The smallest absolute Gasteiger partial charge is 0.246 e. The molecule has 1 fully saturated rings. The van der Waals surface area contributed by atoms with Gasteiger partial charge in [0.1, 0.15) is 4.90 Å². The summed E-state index contributed by atoms with van der Waals surface area (Å²) in [7, 11) is -3.36. The van der Waals surface area contributed by atoms with Crippen molar-refractivity contribution in [2.75, 3.05) is 6.54 Å². The molecule has 16 heavy (non-hydrogen) atoms. The number of aromatic nitrogens is 2. The third-order valence-electron chi connectivity index (χ3n) is 3.14. The van der Waals surface area contributed by atoms with Gasteiger partial charge in [-0.15, -0.1) is 0 Å². The molecule has 0 radical (unpaired) electrons. The Balaban J connectivity index is 2.29. The van der Waals surface area contributed by atoms with Crippen LogP contribution in [0.15, 0.2) is 17.3 Å². The van der Waals surface area contributed by atoms with Crippen molar-refractivity contribution in [3.8, 4) is 0 Å². The summed E-state index contributed by atoms with van der Waals surface area (Å²) in [5, 5.41) is 6.24. The highest BCUT2D eigenvalue weighted by Gasteiger charge is 2.33. The van der Waals surface area contributed by atoms with Crippen LogP contribution in [0.2, 0.25) is 0 Å². The van der Waals surface area contributed by atoms with E-state index < -0.39 is 10.0 Å². The summed E-state index contributed by atoms with van der Waals surface area (Å²) in [5.41, 5.74) is 0. The summed E-state index contributed by atoms with van der Waals surface area (Å²) in [6, 6.07) is 0.0797.